The van der Waals surface area contributed by atoms with Crippen LogP contribution in [0.5, 0.6) is 0 Å². The van der Waals surface area contributed by atoms with Gasteiger partial charge in [0.2, 0.25) is 0 Å². The summed E-state index contributed by atoms with van der Waals surface area (Å²) in [6, 6.07) is 0. The molecule has 0 radical (unpaired) electrons. The van der Waals surface area contributed by atoms with Crippen molar-refractivity contribution < 1.29 is 0 Å². The minimum absolute atomic E-state index is 0.384. The van der Waals surface area contributed by atoms with Gasteiger partial charge < -0.3 is 4.90 Å². The molecule has 0 amide bonds. The molecular formula is C14H25BrN4. The van der Waals surface area contributed by atoms with Gasteiger partial charge in [-0.25, -0.2) is 0 Å². The Hall–Kier alpha value is -0.390. The Labute approximate surface area is 124 Å². The van der Waals surface area contributed by atoms with E-state index in [0.29, 0.717) is 5.54 Å². The zero-order valence-electron chi connectivity index (χ0n) is 12.7. The standard InChI is InChI=1S/C14H25BrN4/c1-11-13(15)12(19(5)16-11)9-18(4)10-14(17(2)3)7-6-8-14/h6-10H2,1-5H3. The average Bonchev–Trinajstić information content (AvgIpc) is 2.50. The van der Waals surface area contributed by atoms with Crippen LogP contribution in [0.1, 0.15) is 30.7 Å². The highest BCUT2D eigenvalue weighted by Gasteiger charge is 2.39. The van der Waals surface area contributed by atoms with E-state index in [1.165, 1.54) is 25.0 Å². The Balaban J connectivity index is 2.03. The van der Waals surface area contributed by atoms with Crippen LogP contribution in [-0.4, -0.2) is 52.8 Å². The molecule has 4 nitrogen and oxygen atoms in total. The number of likely N-dealkylation sites (N-methyl/N-ethyl adjacent to an activating group) is 2. The van der Waals surface area contributed by atoms with Gasteiger partial charge in [-0.3, -0.25) is 9.58 Å². The third-order valence-corrected chi connectivity index (χ3v) is 5.51. The van der Waals surface area contributed by atoms with E-state index < -0.39 is 0 Å². The topological polar surface area (TPSA) is 24.3 Å². The van der Waals surface area contributed by atoms with Gasteiger partial charge in [-0.2, -0.15) is 5.10 Å². The zero-order chi connectivity index (χ0) is 14.2. The first-order valence-electron chi connectivity index (χ1n) is 6.90. The molecule has 0 bridgehead atoms. The number of hydrogen-bond donors (Lipinski definition) is 0. The van der Waals surface area contributed by atoms with Crippen LogP contribution in [0.4, 0.5) is 0 Å². The van der Waals surface area contributed by atoms with Crippen molar-refractivity contribution >= 4 is 15.9 Å². The van der Waals surface area contributed by atoms with Crippen molar-refractivity contribution in [3.05, 3.63) is 15.9 Å². The van der Waals surface area contributed by atoms with Crippen LogP contribution >= 0.6 is 15.9 Å². The average molecular weight is 329 g/mol. The highest BCUT2D eigenvalue weighted by Crippen LogP contribution is 2.37. The summed E-state index contributed by atoms with van der Waals surface area (Å²) in [5.41, 5.74) is 2.71. The fourth-order valence-electron chi connectivity index (χ4n) is 3.00. The number of aryl methyl sites for hydroxylation is 2. The highest BCUT2D eigenvalue weighted by molar-refractivity contribution is 9.10. The molecule has 1 aromatic rings. The van der Waals surface area contributed by atoms with E-state index >= 15 is 0 Å². The van der Waals surface area contributed by atoms with E-state index in [1.54, 1.807) is 0 Å². The Morgan fingerprint density at radius 3 is 2.32 bits per heavy atom. The summed E-state index contributed by atoms with van der Waals surface area (Å²) in [4.78, 5) is 4.82. The van der Waals surface area contributed by atoms with E-state index in [2.05, 4.69) is 52.0 Å². The molecule has 0 unspecified atom stereocenters. The molecule has 1 aromatic heterocycles. The van der Waals surface area contributed by atoms with E-state index in [4.69, 9.17) is 0 Å². The maximum Gasteiger partial charge on any atom is 0.0739 e. The summed E-state index contributed by atoms with van der Waals surface area (Å²) in [6.45, 7) is 4.10. The van der Waals surface area contributed by atoms with Crippen LogP contribution in [-0.2, 0) is 13.6 Å². The molecule has 1 aliphatic carbocycles. The number of nitrogens with zero attached hydrogens (tertiary/aromatic N) is 4. The molecule has 108 valence electrons. The van der Waals surface area contributed by atoms with Crippen molar-refractivity contribution in [2.75, 3.05) is 27.7 Å². The van der Waals surface area contributed by atoms with Gasteiger partial charge in [0.1, 0.15) is 0 Å². The Kier molecular flexibility index (Phi) is 4.38. The quantitative estimate of drug-likeness (QED) is 0.829. The zero-order valence-corrected chi connectivity index (χ0v) is 14.3. The lowest BCUT2D eigenvalue weighted by molar-refractivity contribution is 0.0253. The van der Waals surface area contributed by atoms with E-state index in [-0.39, 0.29) is 0 Å². The minimum atomic E-state index is 0.384. The molecule has 0 N–H and O–H groups in total. The number of halogens is 1. The van der Waals surface area contributed by atoms with Gasteiger partial charge in [0.15, 0.2) is 0 Å². The molecule has 1 fully saturated rings. The molecule has 2 rings (SSSR count). The van der Waals surface area contributed by atoms with Crippen LogP contribution < -0.4 is 0 Å². The predicted molar refractivity (Wildman–Crippen MR) is 82.2 cm³/mol. The predicted octanol–water partition coefficient (Wildman–Crippen LogP) is 2.41. The van der Waals surface area contributed by atoms with Gasteiger partial charge >= 0.3 is 0 Å². The normalized spacial score (nSPS) is 18.1. The van der Waals surface area contributed by atoms with E-state index in [9.17, 15) is 0 Å². The number of rotatable bonds is 5. The molecule has 1 aliphatic rings. The molecule has 19 heavy (non-hydrogen) atoms. The first-order chi connectivity index (χ1) is 8.85. The lowest BCUT2D eigenvalue weighted by atomic mass is 9.75. The molecule has 0 aromatic carbocycles. The van der Waals surface area contributed by atoms with Gasteiger partial charge in [0, 0.05) is 25.7 Å². The second-order valence-corrected chi connectivity index (χ2v) is 6.91. The molecular weight excluding hydrogens is 304 g/mol. The monoisotopic (exact) mass is 328 g/mol. The number of hydrogen-bond acceptors (Lipinski definition) is 3. The first-order valence-corrected chi connectivity index (χ1v) is 7.69. The second kappa shape index (κ2) is 5.54. The molecule has 1 saturated carbocycles. The molecule has 5 heteroatoms. The third kappa shape index (κ3) is 2.88. The van der Waals surface area contributed by atoms with Crippen molar-refractivity contribution in [3.63, 3.8) is 0 Å². The Morgan fingerprint density at radius 2 is 1.95 bits per heavy atom. The van der Waals surface area contributed by atoms with Gasteiger partial charge in [-0.1, -0.05) is 0 Å². The van der Waals surface area contributed by atoms with Crippen LogP contribution in [0.25, 0.3) is 0 Å². The van der Waals surface area contributed by atoms with Crippen molar-refractivity contribution in [3.8, 4) is 0 Å². The molecule has 0 spiro atoms. The summed E-state index contributed by atoms with van der Waals surface area (Å²) >= 11 is 3.65. The van der Waals surface area contributed by atoms with Gasteiger partial charge in [0.25, 0.3) is 0 Å². The fraction of sp³-hybridized carbons (Fsp3) is 0.786. The van der Waals surface area contributed by atoms with Gasteiger partial charge in [-0.05, 0) is 63.3 Å². The number of aromatic nitrogens is 2. The van der Waals surface area contributed by atoms with Crippen LogP contribution in [0.15, 0.2) is 4.47 Å². The van der Waals surface area contributed by atoms with Crippen LogP contribution in [0.2, 0.25) is 0 Å². The smallest absolute Gasteiger partial charge is 0.0739 e. The summed E-state index contributed by atoms with van der Waals surface area (Å²) in [7, 11) is 8.64. The van der Waals surface area contributed by atoms with Crippen LogP contribution in [0.3, 0.4) is 0 Å². The molecule has 0 atom stereocenters. The van der Waals surface area contributed by atoms with E-state index in [0.717, 1.165) is 23.3 Å². The Morgan fingerprint density at radius 1 is 1.32 bits per heavy atom. The third-order valence-electron chi connectivity index (χ3n) is 4.48. The summed E-state index contributed by atoms with van der Waals surface area (Å²) in [6.07, 6.45) is 3.99. The largest absolute Gasteiger partial charge is 0.302 e. The SMILES string of the molecule is Cc1nn(C)c(CN(C)CC2(N(C)C)CCC2)c1Br. The van der Waals surface area contributed by atoms with Gasteiger partial charge in [0.05, 0.1) is 15.9 Å². The fourth-order valence-corrected chi connectivity index (χ4v) is 3.46. The van der Waals surface area contributed by atoms with Gasteiger partial charge in [-0.15, -0.1) is 0 Å². The second-order valence-electron chi connectivity index (χ2n) is 6.11. The van der Waals surface area contributed by atoms with Crippen LogP contribution in [0, 0.1) is 6.92 Å². The summed E-state index contributed by atoms with van der Waals surface area (Å²) < 4.78 is 3.13. The van der Waals surface area contributed by atoms with Crippen molar-refractivity contribution in [2.24, 2.45) is 7.05 Å². The lowest BCUT2D eigenvalue weighted by Gasteiger charge is -2.49. The van der Waals surface area contributed by atoms with Crippen molar-refractivity contribution in [2.45, 2.75) is 38.3 Å². The van der Waals surface area contributed by atoms with Crippen molar-refractivity contribution in [1.29, 1.82) is 0 Å². The minimum Gasteiger partial charge on any atom is -0.302 e. The van der Waals surface area contributed by atoms with E-state index in [1.807, 2.05) is 18.7 Å². The maximum atomic E-state index is 4.46. The Bertz CT molecular complexity index is 449. The maximum absolute atomic E-state index is 4.46. The first kappa shape index (κ1) is 15.0. The highest BCUT2D eigenvalue weighted by atomic mass is 79.9. The lowest BCUT2D eigenvalue weighted by Crippen LogP contribution is -2.56. The molecule has 0 aliphatic heterocycles. The summed E-state index contributed by atoms with van der Waals surface area (Å²) in [5.74, 6) is 0. The summed E-state index contributed by atoms with van der Waals surface area (Å²) in [5, 5.41) is 4.46. The van der Waals surface area contributed by atoms with Crippen molar-refractivity contribution in [1.82, 2.24) is 19.6 Å². The molecule has 0 saturated heterocycles. The molecule has 1 heterocycles.